The molecule has 0 spiro atoms. The maximum absolute atomic E-state index is 13.7. The SMILES string of the molecule is CCCOc1cc(NC(CC)(CO)CO)c(N)cc1F. The Balaban J connectivity index is 3.04. The van der Waals surface area contributed by atoms with Gasteiger partial charge in [-0.15, -0.1) is 0 Å². The van der Waals surface area contributed by atoms with E-state index in [0.29, 0.717) is 18.7 Å². The zero-order valence-corrected chi connectivity index (χ0v) is 11.9. The summed E-state index contributed by atoms with van der Waals surface area (Å²) in [7, 11) is 0. The van der Waals surface area contributed by atoms with E-state index in [4.69, 9.17) is 10.5 Å². The standard InChI is InChI=1S/C14H23FN2O3/c1-3-5-20-13-7-12(11(16)6-10(13)15)17-14(4-2,8-18)9-19/h6-7,17-19H,3-5,8-9,16H2,1-2H3. The van der Waals surface area contributed by atoms with Gasteiger partial charge in [0.05, 0.1) is 36.7 Å². The second kappa shape index (κ2) is 7.31. The number of anilines is 2. The van der Waals surface area contributed by atoms with Gasteiger partial charge in [-0.05, 0) is 12.8 Å². The highest BCUT2D eigenvalue weighted by Crippen LogP contribution is 2.31. The van der Waals surface area contributed by atoms with Crippen LogP contribution in [-0.4, -0.2) is 35.6 Å². The molecule has 0 unspecified atom stereocenters. The largest absolute Gasteiger partial charge is 0.490 e. The van der Waals surface area contributed by atoms with E-state index in [-0.39, 0.29) is 24.7 Å². The smallest absolute Gasteiger partial charge is 0.167 e. The Hall–Kier alpha value is -1.53. The molecule has 1 rings (SSSR count). The first-order valence-corrected chi connectivity index (χ1v) is 6.73. The van der Waals surface area contributed by atoms with Crippen molar-refractivity contribution in [2.45, 2.75) is 32.2 Å². The molecule has 0 saturated carbocycles. The molecule has 6 heteroatoms. The molecule has 0 bridgehead atoms. The van der Waals surface area contributed by atoms with Crippen molar-refractivity contribution in [1.29, 1.82) is 0 Å². The van der Waals surface area contributed by atoms with Crippen molar-refractivity contribution in [3.63, 3.8) is 0 Å². The van der Waals surface area contributed by atoms with Gasteiger partial charge >= 0.3 is 0 Å². The topological polar surface area (TPSA) is 87.7 Å². The third-order valence-corrected chi connectivity index (χ3v) is 3.25. The molecule has 0 atom stereocenters. The molecule has 0 aromatic heterocycles. The molecule has 114 valence electrons. The van der Waals surface area contributed by atoms with Crippen LogP contribution in [0.25, 0.3) is 0 Å². The molecule has 0 aliphatic rings. The summed E-state index contributed by atoms with van der Waals surface area (Å²) in [5.41, 5.74) is 5.51. The minimum absolute atomic E-state index is 0.101. The number of hydrogen-bond donors (Lipinski definition) is 4. The molecule has 1 aromatic rings. The number of ether oxygens (including phenoxy) is 1. The lowest BCUT2D eigenvalue weighted by molar-refractivity contribution is 0.132. The Morgan fingerprint density at radius 2 is 1.95 bits per heavy atom. The minimum Gasteiger partial charge on any atom is -0.490 e. The van der Waals surface area contributed by atoms with Crippen LogP contribution in [0.4, 0.5) is 15.8 Å². The number of rotatable bonds is 8. The van der Waals surface area contributed by atoms with E-state index in [0.717, 1.165) is 6.42 Å². The van der Waals surface area contributed by atoms with E-state index < -0.39 is 11.4 Å². The van der Waals surface area contributed by atoms with Crippen LogP contribution in [-0.2, 0) is 0 Å². The number of aliphatic hydroxyl groups excluding tert-OH is 2. The van der Waals surface area contributed by atoms with Crippen LogP contribution < -0.4 is 15.8 Å². The van der Waals surface area contributed by atoms with Crippen LogP contribution in [0, 0.1) is 5.82 Å². The lowest BCUT2D eigenvalue weighted by Crippen LogP contribution is -2.45. The summed E-state index contributed by atoms with van der Waals surface area (Å²) in [6.07, 6.45) is 1.25. The van der Waals surface area contributed by atoms with E-state index in [2.05, 4.69) is 5.32 Å². The van der Waals surface area contributed by atoms with Crippen LogP contribution in [0.1, 0.15) is 26.7 Å². The number of aliphatic hydroxyl groups is 2. The molecule has 0 saturated heterocycles. The van der Waals surface area contributed by atoms with Gasteiger partial charge in [0.15, 0.2) is 11.6 Å². The highest BCUT2D eigenvalue weighted by molar-refractivity contribution is 5.69. The third kappa shape index (κ3) is 3.74. The predicted molar refractivity (Wildman–Crippen MR) is 77.4 cm³/mol. The van der Waals surface area contributed by atoms with E-state index in [1.54, 1.807) is 0 Å². The van der Waals surface area contributed by atoms with Gasteiger partial charge in [-0.1, -0.05) is 13.8 Å². The van der Waals surface area contributed by atoms with E-state index >= 15 is 0 Å². The van der Waals surface area contributed by atoms with Crippen LogP contribution in [0.15, 0.2) is 12.1 Å². The van der Waals surface area contributed by atoms with Gasteiger partial charge in [0.2, 0.25) is 0 Å². The summed E-state index contributed by atoms with van der Waals surface area (Å²) in [5, 5.41) is 21.8. The molecular weight excluding hydrogens is 263 g/mol. The molecule has 5 nitrogen and oxygen atoms in total. The van der Waals surface area contributed by atoms with Crippen molar-refractivity contribution in [2.75, 3.05) is 30.9 Å². The zero-order chi connectivity index (χ0) is 15.2. The average molecular weight is 286 g/mol. The van der Waals surface area contributed by atoms with Gasteiger partial charge in [0.25, 0.3) is 0 Å². The number of halogens is 1. The molecule has 0 aliphatic heterocycles. The summed E-state index contributed by atoms with van der Waals surface area (Å²) in [5.74, 6) is -0.430. The van der Waals surface area contributed by atoms with Crippen LogP contribution >= 0.6 is 0 Å². The second-order valence-electron chi connectivity index (χ2n) is 4.79. The van der Waals surface area contributed by atoms with Gasteiger partial charge < -0.3 is 26.0 Å². The fourth-order valence-corrected chi connectivity index (χ4v) is 1.73. The molecule has 5 N–H and O–H groups in total. The Morgan fingerprint density at radius 3 is 2.45 bits per heavy atom. The summed E-state index contributed by atoms with van der Waals surface area (Å²) in [4.78, 5) is 0. The Labute approximate surface area is 118 Å². The number of nitrogens with two attached hydrogens (primary N) is 1. The zero-order valence-electron chi connectivity index (χ0n) is 11.9. The lowest BCUT2D eigenvalue weighted by Gasteiger charge is -2.31. The maximum Gasteiger partial charge on any atom is 0.167 e. The van der Waals surface area contributed by atoms with Gasteiger partial charge in [-0.3, -0.25) is 0 Å². The fraction of sp³-hybridized carbons (Fsp3) is 0.571. The highest BCUT2D eigenvalue weighted by atomic mass is 19.1. The number of hydrogen-bond acceptors (Lipinski definition) is 5. The predicted octanol–water partition coefficient (Wildman–Crippen LogP) is 1.74. The normalized spacial score (nSPS) is 11.4. The number of nitrogen functional groups attached to an aromatic ring is 1. The first kappa shape index (κ1) is 16.5. The molecule has 1 aromatic carbocycles. The molecule has 0 heterocycles. The molecule has 20 heavy (non-hydrogen) atoms. The van der Waals surface area contributed by atoms with Gasteiger partial charge in [0.1, 0.15) is 0 Å². The first-order chi connectivity index (χ1) is 9.51. The van der Waals surface area contributed by atoms with E-state index in [1.807, 2.05) is 13.8 Å². The van der Waals surface area contributed by atoms with Crippen LogP contribution in [0.3, 0.4) is 0 Å². The van der Waals surface area contributed by atoms with Crippen molar-refractivity contribution in [1.82, 2.24) is 0 Å². The monoisotopic (exact) mass is 286 g/mol. The molecular formula is C14H23FN2O3. The van der Waals surface area contributed by atoms with Gasteiger partial charge in [-0.25, -0.2) is 4.39 Å². The summed E-state index contributed by atoms with van der Waals surface area (Å²) < 4.78 is 19.0. The number of benzene rings is 1. The van der Waals surface area contributed by atoms with Crippen molar-refractivity contribution >= 4 is 11.4 Å². The lowest BCUT2D eigenvalue weighted by atomic mass is 9.97. The summed E-state index contributed by atoms with van der Waals surface area (Å²) in [6.45, 7) is 3.63. The van der Waals surface area contributed by atoms with Crippen LogP contribution in [0.2, 0.25) is 0 Å². The Bertz CT molecular complexity index is 428. The van der Waals surface area contributed by atoms with Crippen molar-refractivity contribution in [3.8, 4) is 5.75 Å². The molecule has 0 fully saturated rings. The Morgan fingerprint density at radius 1 is 1.30 bits per heavy atom. The average Bonchev–Trinajstić information content (AvgIpc) is 2.46. The molecule has 0 radical (unpaired) electrons. The summed E-state index contributed by atoms with van der Waals surface area (Å²) in [6, 6.07) is 2.62. The molecule has 0 amide bonds. The van der Waals surface area contributed by atoms with Crippen molar-refractivity contribution in [2.24, 2.45) is 0 Å². The highest BCUT2D eigenvalue weighted by Gasteiger charge is 2.27. The number of nitrogens with one attached hydrogen (secondary N) is 1. The Kier molecular flexibility index (Phi) is 6.04. The van der Waals surface area contributed by atoms with Gasteiger partial charge in [0, 0.05) is 12.1 Å². The third-order valence-electron chi connectivity index (χ3n) is 3.25. The fourth-order valence-electron chi connectivity index (χ4n) is 1.73. The minimum atomic E-state index is -0.895. The van der Waals surface area contributed by atoms with Gasteiger partial charge in [-0.2, -0.15) is 0 Å². The van der Waals surface area contributed by atoms with E-state index in [9.17, 15) is 14.6 Å². The van der Waals surface area contributed by atoms with Crippen molar-refractivity contribution in [3.05, 3.63) is 17.9 Å². The van der Waals surface area contributed by atoms with E-state index in [1.165, 1.54) is 12.1 Å². The summed E-state index contributed by atoms with van der Waals surface area (Å²) >= 11 is 0. The molecule has 0 aliphatic carbocycles. The second-order valence-corrected chi connectivity index (χ2v) is 4.79. The quantitative estimate of drug-likeness (QED) is 0.547. The maximum atomic E-state index is 13.7. The van der Waals surface area contributed by atoms with Crippen LogP contribution in [0.5, 0.6) is 5.75 Å². The van der Waals surface area contributed by atoms with Crippen molar-refractivity contribution < 1.29 is 19.3 Å². The first-order valence-electron chi connectivity index (χ1n) is 6.73.